The first-order valence-corrected chi connectivity index (χ1v) is 11.8. The molecule has 0 aliphatic rings. The molecule has 11 heteroatoms. The Hall–Kier alpha value is -3.02. The Morgan fingerprint density at radius 3 is 2.50 bits per heavy atom. The maximum atomic E-state index is 12.6. The molecule has 0 unspecified atom stereocenters. The second kappa shape index (κ2) is 8.01. The SMILES string of the molecule is COc1ccc(S(=O)(=O)Nc2nc3ccc(C(=O)Nc4ncc(C)s4)cc3s2)cc1. The molecular weight excluding hydrogens is 444 g/mol. The summed E-state index contributed by atoms with van der Waals surface area (Å²) in [7, 11) is -2.29. The van der Waals surface area contributed by atoms with Gasteiger partial charge in [0.2, 0.25) is 0 Å². The van der Waals surface area contributed by atoms with Crippen LogP contribution in [-0.4, -0.2) is 31.4 Å². The van der Waals surface area contributed by atoms with Crippen LogP contribution in [0.5, 0.6) is 5.75 Å². The lowest BCUT2D eigenvalue weighted by molar-refractivity contribution is 0.102. The lowest BCUT2D eigenvalue weighted by atomic mass is 10.2. The third-order valence-corrected chi connectivity index (χ3v) is 7.33. The number of carbonyl (C=O) groups excluding carboxylic acids is 1. The molecule has 154 valence electrons. The fourth-order valence-corrected chi connectivity index (χ4v) is 5.42. The minimum atomic E-state index is -3.79. The Morgan fingerprint density at radius 1 is 1.07 bits per heavy atom. The number of thiazole rings is 2. The monoisotopic (exact) mass is 460 g/mol. The van der Waals surface area contributed by atoms with Gasteiger partial charge in [-0.1, -0.05) is 11.3 Å². The number of aromatic nitrogens is 2. The van der Waals surface area contributed by atoms with Gasteiger partial charge in [0.15, 0.2) is 10.3 Å². The maximum absolute atomic E-state index is 12.6. The number of nitrogens with one attached hydrogen (secondary N) is 2. The quantitative estimate of drug-likeness (QED) is 0.448. The number of sulfonamides is 1. The summed E-state index contributed by atoms with van der Waals surface area (Å²) in [5.41, 5.74) is 1.03. The lowest BCUT2D eigenvalue weighted by Gasteiger charge is -2.05. The van der Waals surface area contributed by atoms with Gasteiger partial charge in [0.25, 0.3) is 15.9 Å². The number of amides is 1. The van der Waals surface area contributed by atoms with E-state index in [-0.39, 0.29) is 15.9 Å². The van der Waals surface area contributed by atoms with Crippen LogP contribution in [0.2, 0.25) is 0 Å². The molecule has 0 aliphatic heterocycles. The van der Waals surface area contributed by atoms with Gasteiger partial charge in [0.1, 0.15) is 5.75 Å². The van der Waals surface area contributed by atoms with Crippen LogP contribution >= 0.6 is 22.7 Å². The number of benzene rings is 2. The molecule has 0 saturated heterocycles. The Kier molecular flexibility index (Phi) is 5.41. The van der Waals surface area contributed by atoms with E-state index in [9.17, 15) is 13.2 Å². The van der Waals surface area contributed by atoms with Gasteiger partial charge in [-0.25, -0.2) is 18.4 Å². The molecule has 1 amide bonds. The number of fused-ring (bicyclic) bond motifs is 1. The highest BCUT2D eigenvalue weighted by atomic mass is 32.2. The fourth-order valence-electron chi connectivity index (χ4n) is 2.62. The standard InChI is InChI=1S/C19H16N4O4S3/c1-11-10-20-18(28-11)22-17(24)12-3-8-15-16(9-12)29-19(21-15)23-30(25,26)14-6-4-13(27-2)5-7-14/h3-10H,1-2H3,(H,21,23)(H,20,22,24). The molecule has 8 nitrogen and oxygen atoms in total. The topological polar surface area (TPSA) is 110 Å². The predicted octanol–water partition coefficient (Wildman–Crippen LogP) is 4.12. The van der Waals surface area contributed by atoms with Gasteiger partial charge in [-0.2, -0.15) is 0 Å². The molecule has 0 fully saturated rings. The summed E-state index contributed by atoms with van der Waals surface area (Å²) in [6, 6.07) is 11.0. The van der Waals surface area contributed by atoms with Gasteiger partial charge in [-0.05, 0) is 49.4 Å². The molecule has 0 aliphatic carbocycles. The van der Waals surface area contributed by atoms with E-state index >= 15 is 0 Å². The van der Waals surface area contributed by atoms with Crippen LogP contribution in [0.25, 0.3) is 10.2 Å². The third kappa shape index (κ3) is 4.27. The summed E-state index contributed by atoms with van der Waals surface area (Å²) >= 11 is 2.54. The van der Waals surface area contributed by atoms with Crippen LogP contribution in [0, 0.1) is 6.92 Å². The first-order chi connectivity index (χ1) is 14.3. The van der Waals surface area contributed by atoms with Crippen molar-refractivity contribution in [3.05, 3.63) is 59.1 Å². The Labute approximate surface area is 180 Å². The largest absolute Gasteiger partial charge is 0.497 e. The molecule has 2 aromatic heterocycles. The van der Waals surface area contributed by atoms with Gasteiger partial charge in [0.05, 0.1) is 22.2 Å². The van der Waals surface area contributed by atoms with Crippen LogP contribution in [-0.2, 0) is 10.0 Å². The van der Waals surface area contributed by atoms with Gasteiger partial charge in [0, 0.05) is 16.6 Å². The summed E-state index contributed by atoms with van der Waals surface area (Å²) in [6.45, 7) is 1.91. The summed E-state index contributed by atoms with van der Waals surface area (Å²) in [6.07, 6.45) is 1.69. The first-order valence-electron chi connectivity index (χ1n) is 8.65. The summed E-state index contributed by atoms with van der Waals surface area (Å²) in [5, 5.41) is 3.49. The van der Waals surface area contributed by atoms with E-state index in [1.54, 1.807) is 36.5 Å². The van der Waals surface area contributed by atoms with E-state index in [0.29, 0.717) is 26.7 Å². The molecule has 4 aromatic rings. The van der Waals surface area contributed by atoms with Crippen LogP contribution in [0.1, 0.15) is 15.2 Å². The molecule has 0 spiro atoms. The minimum absolute atomic E-state index is 0.0985. The van der Waals surface area contributed by atoms with Crippen molar-refractivity contribution in [2.24, 2.45) is 0 Å². The van der Waals surface area contributed by atoms with Gasteiger partial charge in [-0.3, -0.25) is 14.8 Å². The number of hydrogen-bond donors (Lipinski definition) is 2. The van der Waals surface area contributed by atoms with E-state index in [0.717, 1.165) is 16.2 Å². The molecule has 0 radical (unpaired) electrons. The number of carbonyl (C=O) groups is 1. The second-order valence-corrected chi connectivity index (χ2v) is 10.2. The number of rotatable bonds is 6. The zero-order valence-corrected chi connectivity index (χ0v) is 18.3. The van der Waals surface area contributed by atoms with Crippen LogP contribution in [0.3, 0.4) is 0 Å². The average molecular weight is 461 g/mol. The summed E-state index contributed by atoms with van der Waals surface area (Å²) in [4.78, 5) is 22.0. The molecule has 2 heterocycles. The fraction of sp³-hybridized carbons (Fsp3) is 0.105. The van der Waals surface area contributed by atoms with Crippen molar-refractivity contribution in [1.29, 1.82) is 0 Å². The highest BCUT2D eigenvalue weighted by Crippen LogP contribution is 2.29. The summed E-state index contributed by atoms with van der Waals surface area (Å²) < 4.78 is 33.4. The minimum Gasteiger partial charge on any atom is -0.497 e. The number of ether oxygens (including phenoxy) is 1. The Bertz CT molecular complexity index is 1330. The van der Waals surface area contributed by atoms with Crippen molar-refractivity contribution in [2.45, 2.75) is 11.8 Å². The molecule has 30 heavy (non-hydrogen) atoms. The average Bonchev–Trinajstić information content (AvgIpc) is 3.31. The van der Waals surface area contributed by atoms with Crippen LogP contribution in [0.4, 0.5) is 10.3 Å². The molecule has 4 rings (SSSR count). The van der Waals surface area contributed by atoms with Crippen molar-refractivity contribution < 1.29 is 17.9 Å². The smallest absolute Gasteiger partial charge is 0.263 e. The molecular formula is C19H16N4O4S3. The van der Waals surface area contributed by atoms with Gasteiger partial charge >= 0.3 is 0 Å². The third-order valence-electron chi connectivity index (χ3n) is 4.08. The summed E-state index contributed by atoms with van der Waals surface area (Å²) in [5.74, 6) is 0.271. The molecule has 2 aromatic carbocycles. The van der Waals surface area contributed by atoms with Crippen molar-refractivity contribution in [3.63, 3.8) is 0 Å². The second-order valence-electron chi connectivity index (χ2n) is 6.21. The Balaban J connectivity index is 1.55. The number of anilines is 2. The first kappa shape index (κ1) is 20.3. The predicted molar refractivity (Wildman–Crippen MR) is 118 cm³/mol. The maximum Gasteiger partial charge on any atom is 0.263 e. The highest BCUT2D eigenvalue weighted by molar-refractivity contribution is 7.93. The number of methoxy groups -OCH3 is 1. The number of aryl methyl sites for hydroxylation is 1. The van der Waals surface area contributed by atoms with Crippen LogP contribution in [0.15, 0.2) is 53.6 Å². The van der Waals surface area contributed by atoms with Crippen molar-refractivity contribution in [1.82, 2.24) is 9.97 Å². The van der Waals surface area contributed by atoms with Crippen molar-refractivity contribution in [3.8, 4) is 5.75 Å². The van der Waals surface area contributed by atoms with E-state index < -0.39 is 10.0 Å². The number of nitrogens with zero attached hydrogens (tertiary/aromatic N) is 2. The van der Waals surface area contributed by atoms with Crippen LogP contribution < -0.4 is 14.8 Å². The number of hydrogen-bond acceptors (Lipinski definition) is 8. The van der Waals surface area contributed by atoms with E-state index in [1.807, 2.05) is 6.92 Å². The highest BCUT2D eigenvalue weighted by Gasteiger charge is 2.17. The molecule has 0 atom stereocenters. The molecule has 0 bridgehead atoms. The van der Waals surface area contributed by atoms with E-state index in [2.05, 4.69) is 20.0 Å². The normalized spacial score (nSPS) is 11.4. The van der Waals surface area contributed by atoms with E-state index in [1.165, 1.54) is 30.6 Å². The zero-order chi connectivity index (χ0) is 21.3. The van der Waals surface area contributed by atoms with Crippen molar-refractivity contribution >= 4 is 59.1 Å². The van der Waals surface area contributed by atoms with Gasteiger partial charge in [-0.15, -0.1) is 11.3 Å². The van der Waals surface area contributed by atoms with Crippen molar-refractivity contribution in [2.75, 3.05) is 17.1 Å². The lowest BCUT2D eigenvalue weighted by Crippen LogP contribution is -2.12. The molecule has 0 saturated carbocycles. The Morgan fingerprint density at radius 2 is 1.83 bits per heavy atom. The molecule has 2 N–H and O–H groups in total. The van der Waals surface area contributed by atoms with Gasteiger partial charge < -0.3 is 4.74 Å². The zero-order valence-electron chi connectivity index (χ0n) is 15.9. The van der Waals surface area contributed by atoms with E-state index in [4.69, 9.17) is 4.74 Å².